The van der Waals surface area contributed by atoms with Crippen molar-refractivity contribution in [3.05, 3.63) is 23.8 Å². The summed E-state index contributed by atoms with van der Waals surface area (Å²) < 4.78 is 0. The standard InChI is InChI=1S/C12H16N2OS/c1-3-16-12-6-4-5-11(10(12)7-13)14-9(2)8-15/h4-6,9,14-15H,3,8H2,1-2H3. The molecule has 4 heteroatoms. The van der Waals surface area contributed by atoms with Crippen LogP contribution in [0.2, 0.25) is 0 Å². The molecule has 0 heterocycles. The summed E-state index contributed by atoms with van der Waals surface area (Å²) in [5.41, 5.74) is 1.46. The van der Waals surface area contributed by atoms with Gasteiger partial charge in [-0.3, -0.25) is 0 Å². The first-order valence-corrected chi connectivity index (χ1v) is 6.24. The van der Waals surface area contributed by atoms with Crippen molar-refractivity contribution in [2.24, 2.45) is 0 Å². The highest BCUT2D eigenvalue weighted by molar-refractivity contribution is 7.99. The molecule has 2 N–H and O–H groups in total. The number of nitrogens with zero attached hydrogens (tertiary/aromatic N) is 1. The molecule has 0 saturated carbocycles. The molecule has 3 nitrogen and oxygen atoms in total. The van der Waals surface area contributed by atoms with E-state index in [0.29, 0.717) is 5.56 Å². The first-order chi connectivity index (χ1) is 7.72. The first-order valence-electron chi connectivity index (χ1n) is 5.26. The highest BCUT2D eigenvalue weighted by atomic mass is 32.2. The lowest BCUT2D eigenvalue weighted by Crippen LogP contribution is -2.20. The zero-order valence-corrected chi connectivity index (χ0v) is 10.3. The average molecular weight is 236 g/mol. The van der Waals surface area contributed by atoms with E-state index < -0.39 is 0 Å². The van der Waals surface area contributed by atoms with Crippen molar-refractivity contribution < 1.29 is 5.11 Å². The molecule has 1 unspecified atom stereocenters. The molecule has 0 amide bonds. The van der Waals surface area contributed by atoms with Gasteiger partial charge in [0.2, 0.25) is 0 Å². The Morgan fingerprint density at radius 3 is 2.88 bits per heavy atom. The maximum Gasteiger partial charge on any atom is 0.102 e. The van der Waals surface area contributed by atoms with Gasteiger partial charge in [0.15, 0.2) is 0 Å². The van der Waals surface area contributed by atoms with Crippen LogP contribution in [-0.2, 0) is 0 Å². The summed E-state index contributed by atoms with van der Waals surface area (Å²) in [5, 5.41) is 21.3. The van der Waals surface area contributed by atoms with Gasteiger partial charge >= 0.3 is 0 Å². The SMILES string of the molecule is CCSc1cccc(NC(C)CO)c1C#N. The van der Waals surface area contributed by atoms with Crippen LogP contribution in [-0.4, -0.2) is 23.5 Å². The second kappa shape index (κ2) is 6.41. The minimum atomic E-state index is -0.0472. The van der Waals surface area contributed by atoms with Gasteiger partial charge in [0, 0.05) is 10.9 Å². The van der Waals surface area contributed by atoms with Crippen molar-refractivity contribution in [2.75, 3.05) is 17.7 Å². The summed E-state index contributed by atoms with van der Waals surface area (Å²) in [4.78, 5) is 0.986. The van der Waals surface area contributed by atoms with Gasteiger partial charge in [-0.2, -0.15) is 5.26 Å². The predicted octanol–water partition coefficient (Wildman–Crippen LogP) is 2.46. The Morgan fingerprint density at radius 2 is 2.31 bits per heavy atom. The number of aliphatic hydroxyl groups excluding tert-OH is 1. The van der Waals surface area contributed by atoms with E-state index in [4.69, 9.17) is 10.4 Å². The van der Waals surface area contributed by atoms with Crippen LogP contribution in [0.15, 0.2) is 23.1 Å². The molecule has 1 aromatic carbocycles. The highest BCUT2D eigenvalue weighted by Gasteiger charge is 2.09. The molecule has 1 rings (SSSR count). The summed E-state index contributed by atoms with van der Waals surface area (Å²) in [6.45, 7) is 3.99. The molecule has 0 aromatic heterocycles. The number of aliphatic hydroxyl groups is 1. The van der Waals surface area contributed by atoms with E-state index in [2.05, 4.69) is 18.3 Å². The third-order valence-corrected chi connectivity index (χ3v) is 3.05. The van der Waals surface area contributed by atoms with Crippen molar-refractivity contribution in [1.29, 1.82) is 5.26 Å². The second-order valence-electron chi connectivity index (χ2n) is 3.45. The average Bonchev–Trinajstić information content (AvgIpc) is 2.29. The van der Waals surface area contributed by atoms with Crippen LogP contribution < -0.4 is 5.32 Å². The molecule has 0 fully saturated rings. The number of anilines is 1. The third-order valence-electron chi connectivity index (χ3n) is 2.11. The summed E-state index contributed by atoms with van der Waals surface area (Å²) >= 11 is 1.65. The maximum absolute atomic E-state index is 9.15. The fourth-order valence-corrected chi connectivity index (χ4v) is 2.14. The zero-order chi connectivity index (χ0) is 12.0. The van der Waals surface area contributed by atoms with Crippen LogP contribution in [0.3, 0.4) is 0 Å². The van der Waals surface area contributed by atoms with E-state index in [1.54, 1.807) is 11.8 Å². The van der Waals surface area contributed by atoms with E-state index in [1.165, 1.54) is 0 Å². The van der Waals surface area contributed by atoms with E-state index in [0.717, 1.165) is 16.3 Å². The molecule has 0 saturated heterocycles. The number of benzene rings is 1. The van der Waals surface area contributed by atoms with Gasteiger partial charge in [0.1, 0.15) is 6.07 Å². The van der Waals surface area contributed by atoms with Gasteiger partial charge in [-0.15, -0.1) is 11.8 Å². The van der Waals surface area contributed by atoms with E-state index in [-0.39, 0.29) is 12.6 Å². The van der Waals surface area contributed by atoms with Gasteiger partial charge in [0.05, 0.1) is 17.9 Å². The minimum absolute atomic E-state index is 0.0472. The Kier molecular flexibility index (Phi) is 5.17. The third kappa shape index (κ3) is 3.16. The highest BCUT2D eigenvalue weighted by Crippen LogP contribution is 2.28. The number of thioether (sulfide) groups is 1. The monoisotopic (exact) mass is 236 g/mol. The van der Waals surface area contributed by atoms with Crippen LogP contribution >= 0.6 is 11.8 Å². The molecule has 1 aromatic rings. The summed E-state index contributed by atoms with van der Waals surface area (Å²) in [5.74, 6) is 0.938. The summed E-state index contributed by atoms with van der Waals surface area (Å²) in [6, 6.07) is 7.90. The fraction of sp³-hybridized carbons (Fsp3) is 0.417. The number of hydrogen-bond acceptors (Lipinski definition) is 4. The van der Waals surface area contributed by atoms with Gasteiger partial charge in [-0.1, -0.05) is 13.0 Å². The van der Waals surface area contributed by atoms with Crippen molar-refractivity contribution in [3.63, 3.8) is 0 Å². The normalized spacial score (nSPS) is 11.9. The summed E-state index contributed by atoms with van der Waals surface area (Å²) in [6.07, 6.45) is 0. The van der Waals surface area contributed by atoms with Crippen molar-refractivity contribution in [2.45, 2.75) is 24.8 Å². The molecular weight excluding hydrogens is 220 g/mol. The van der Waals surface area contributed by atoms with E-state index >= 15 is 0 Å². The van der Waals surface area contributed by atoms with E-state index in [1.807, 2.05) is 25.1 Å². The Balaban J connectivity index is 3.00. The molecule has 0 spiro atoms. The number of hydrogen-bond donors (Lipinski definition) is 2. The van der Waals surface area contributed by atoms with Crippen LogP contribution in [0, 0.1) is 11.3 Å². The first kappa shape index (κ1) is 12.9. The van der Waals surface area contributed by atoms with Gasteiger partial charge < -0.3 is 10.4 Å². The van der Waals surface area contributed by atoms with E-state index in [9.17, 15) is 0 Å². The quantitative estimate of drug-likeness (QED) is 0.771. The largest absolute Gasteiger partial charge is 0.394 e. The summed E-state index contributed by atoms with van der Waals surface area (Å²) in [7, 11) is 0. The lowest BCUT2D eigenvalue weighted by Gasteiger charge is -2.15. The second-order valence-corrected chi connectivity index (χ2v) is 4.76. The van der Waals surface area contributed by atoms with Crippen LogP contribution in [0.25, 0.3) is 0 Å². The Bertz CT molecular complexity index is 387. The van der Waals surface area contributed by atoms with Crippen molar-refractivity contribution >= 4 is 17.4 Å². The molecule has 0 aliphatic rings. The number of rotatable bonds is 5. The predicted molar refractivity (Wildman–Crippen MR) is 67.7 cm³/mol. The molecule has 1 atom stereocenters. The Morgan fingerprint density at radius 1 is 1.56 bits per heavy atom. The van der Waals surface area contributed by atoms with Crippen LogP contribution in [0.5, 0.6) is 0 Å². The molecule has 0 aliphatic heterocycles. The molecule has 16 heavy (non-hydrogen) atoms. The van der Waals surface area contributed by atoms with Crippen LogP contribution in [0.1, 0.15) is 19.4 Å². The lowest BCUT2D eigenvalue weighted by atomic mass is 10.2. The fourth-order valence-electron chi connectivity index (χ4n) is 1.35. The molecule has 0 aliphatic carbocycles. The lowest BCUT2D eigenvalue weighted by molar-refractivity contribution is 0.281. The topological polar surface area (TPSA) is 56.0 Å². The molecule has 86 valence electrons. The van der Waals surface area contributed by atoms with Gasteiger partial charge in [-0.25, -0.2) is 0 Å². The maximum atomic E-state index is 9.15. The van der Waals surface area contributed by atoms with Crippen LogP contribution in [0.4, 0.5) is 5.69 Å². The Hall–Kier alpha value is -1.18. The molecular formula is C12H16N2OS. The Labute approximate surface area is 100 Å². The minimum Gasteiger partial charge on any atom is -0.394 e. The van der Waals surface area contributed by atoms with Gasteiger partial charge in [0.25, 0.3) is 0 Å². The molecule has 0 radical (unpaired) electrons. The van der Waals surface area contributed by atoms with Gasteiger partial charge in [-0.05, 0) is 24.8 Å². The number of nitriles is 1. The van der Waals surface area contributed by atoms with Crippen molar-refractivity contribution in [3.8, 4) is 6.07 Å². The number of nitrogens with one attached hydrogen (secondary N) is 1. The van der Waals surface area contributed by atoms with Crippen molar-refractivity contribution in [1.82, 2.24) is 0 Å². The smallest absolute Gasteiger partial charge is 0.102 e. The molecule has 0 bridgehead atoms. The zero-order valence-electron chi connectivity index (χ0n) is 9.53.